The molecule has 0 aliphatic heterocycles. The molecule has 1 heteroatoms. The summed E-state index contributed by atoms with van der Waals surface area (Å²) in [5.41, 5.74) is 0. The van der Waals surface area contributed by atoms with Crippen LogP contribution in [0.25, 0.3) is 0 Å². The number of hydrogen-bond acceptors (Lipinski definition) is 0. The zero-order valence-corrected chi connectivity index (χ0v) is 11.4. The topological polar surface area (TPSA) is 0 Å². The van der Waals surface area contributed by atoms with Crippen LogP contribution in [0.15, 0.2) is 0 Å². The van der Waals surface area contributed by atoms with E-state index in [0.29, 0.717) is 0 Å². The van der Waals surface area contributed by atoms with Gasteiger partial charge in [-0.15, -0.1) is 0 Å². The van der Waals surface area contributed by atoms with Crippen LogP contribution in [0.1, 0.15) is 65.7 Å². The Labute approximate surface area is 102 Å². The molecular weight excluding hydrogens is 168 g/mol. The van der Waals surface area contributed by atoms with Crippen LogP contribution < -0.4 is 0 Å². The van der Waals surface area contributed by atoms with E-state index in [1.807, 2.05) is 0 Å². The Morgan fingerprint density at radius 2 is 1.62 bits per heavy atom. The van der Waals surface area contributed by atoms with Crippen molar-refractivity contribution in [2.75, 3.05) is 0 Å². The summed E-state index contributed by atoms with van der Waals surface area (Å²) in [4.78, 5) is 0. The quantitative estimate of drug-likeness (QED) is 0.334. The maximum atomic E-state index is 3.72. The van der Waals surface area contributed by atoms with Crippen LogP contribution in [-0.2, 0) is 0 Å². The molecule has 0 aliphatic rings. The number of unbranched alkanes of at least 4 members (excludes halogenated alkanes) is 6. The van der Waals surface area contributed by atoms with Crippen molar-refractivity contribution in [1.82, 2.24) is 0 Å². The van der Waals surface area contributed by atoms with Gasteiger partial charge in [-0.1, -0.05) is 46.5 Å². The molecule has 0 rings (SSSR count). The van der Waals surface area contributed by atoms with Crippen molar-refractivity contribution in [1.29, 1.82) is 0 Å². The van der Waals surface area contributed by atoms with Crippen LogP contribution in [-0.4, -0.2) is 23.1 Å². The molecule has 0 nitrogen and oxygen atoms in total. The monoisotopic (exact) mass is 194 g/mol. The first-order valence-corrected chi connectivity index (χ1v) is 5.44. The van der Waals surface area contributed by atoms with Gasteiger partial charge in [0, 0.05) is 0 Å². The molecular formula is C12H26Mg. The van der Waals surface area contributed by atoms with Crippen molar-refractivity contribution in [3.8, 4) is 0 Å². The standard InChI is InChI=1S/2C6H13.Mg/c2*1-3-5-6-4-2;/h5H,3-4,6H2,1-2H3;1,3-6H2,2H3;/q2*-1;+2. The van der Waals surface area contributed by atoms with E-state index in [-0.39, 0.29) is 23.1 Å². The third kappa shape index (κ3) is 32.3. The minimum Gasteiger partial charge on any atom is -0.343 e. The molecule has 0 aliphatic carbocycles. The largest absolute Gasteiger partial charge is 2.00 e. The number of rotatable bonds is 6. The molecule has 0 heterocycles. The van der Waals surface area contributed by atoms with Crippen molar-refractivity contribution in [3.05, 3.63) is 13.3 Å². The Bertz CT molecular complexity index is 37.1. The summed E-state index contributed by atoms with van der Waals surface area (Å²) in [6.07, 6.45) is 11.2. The molecule has 0 N–H and O–H groups in total. The second kappa shape index (κ2) is 23.0. The van der Waals surface area contributed by atoms with Gasteiger partial charge in [-0.2, -0.15) is 19.3 Å². The summed E-state index contributed by atoms with van der Waals surface area (Å²) in [5, 5.41) is 0. The predicted molar refractivity (Wildman–Crippen MR) is 64.8 cm³/mol. The third-order valence-electron chi connectivity index (χ3n) is 1.64. The molecule has 0 amide bonds. The van der Waals surface area contributed by atoms with Gasteiger partial charge < -0.3 is 13.3 Å². The van der Waals surface area contributed by atoms with E-state index >= 15 is 0 Å². The average molecular weight is 195 g/mol. The molecule has 13 heavy (non-hydrogen) atoms. The molecule has 0 aromatic rings. The predicted octanol–water partition coefficient (Wildman–Crippen LogP) is 4.42. The molecule has 0 atom stereocenters. The summed E-state index contributed by atoms with van der Waals surface area (Å²) < 4.78 is 0. The fraction of sp³-hybridized carbons (Fsp3) is 0.833. The zero-order valence-electron chi connectivity index (χ0n) is 9.94. The maximum Gasteiger partial charge on any atom is 2.00 e. The molecule has 0 saturated carbocycles. The van der Waals surface area contributed by atoms with Crippen LogP contribution >= 0.6 is 0 Å². The molecule has 0 aromatic carbocycles. The van der Waals surface area contributed by atoms with Gasteiger partial charge in [-0.25, -0.2) is 0 Å². The van der Waals surface area contributed by atoms with Gasteiger partial charge in [0.1, 0.15) is 0 Å². The van der Waals surface area contributed by atoms with Crippen molar-refractivity contribution in [3.63, 3.8) is 0 Å². The van der Waals surface area contributed by atoms with Crippen LogP contribution in [0.5, 0.6) is 0 Å². The van der Waals surface area contributed by atoms with Crippen molar-refractivity contribution in [2.24, 2.45) is 0 Å². The summed E-state index contributed by atoms with van der Waals surface area (Å²) in [7, 11) is 0. The Kier molecular flexibility index (Phi) is 34.2. The normalized spacial score (nSPS) is 8.31. The van der Waals surface area contributed by atoms with E-state index < -0.39 is 0 Å². The average Bonchev–Trinajstić information content (AvgIpc) is 2.12. The minimum atomic E-state index is 0. The zero-order chi connectivity index (χ0) is 9.66. The fourth-order valence-electron chi connectivity index (χ4n) is 0.835. The second-order valence-corrected chi connectivity index (χ2v) is 3.05. The van der Waals surface area contributed by atoms with E-state index in [2.05, 4.69) is 34.1 Å². The Hall–Kier alpha value is 0.766. The van der Waals surface area contributed by atoms with Gasteiger partial charge in [0.2, 0.25) is 0 Å². The third-order valence-corrected chi connectivity index (χ3v) is 1.64. The summed E-state index contributed by atoms with van der Waals surface area (Å²) in [5.74, 6) is 0. The fourth-order valence-corrected chi connectivity index (χ4v) is 0.835. The van der Waals surface area contributed by atoms with E-state index in [1.54, 1.807) is 0 Å². The second-order valence-electron chi connectivity index (χ2n) is 3.05. The molecule has 0 spiro atoms. The maximum absolute atomic E-state index is 3.72. The molecule has 0 radical (unpaired) electrons. The summed E-state index contributed by atoms with van der Waals surface area (Å²) in [6, 6.07) is 0. The first-order chi connectivity index (χ1) is 5.83. The van der Waals surface area contributed by atoms with Gasteiger partial charge in [-0.3, -0.25) is 0 Å². The van der Waals surface area contributed by atoms with E-state index in [4.69, 9.17) is 0 Å². The van der Waals surface area contributed by atoms with Gasteiger partial charge in [0.15, 0.2) is 0 Å². The Balaban J connectivity index is -0.000000143. The summed E-state index contributed by atoms with van der Waals surface area (Å²) >= 11 is 0. The summed E-state index contributed by atoms with van der Waals surface area (Å²) in [6.45, 7) is 10.3. The SMILES string of the molecule is CC[CH-]CCC.[CH2-]CCCCC.[Mg+2]. The van der Waals surface area contributed by atoms with Crippen LogP contribution in [0, 0.1) is 13.3 Å². The minimum absolute atomic E-state index is 0. The van der Waals surface area contributed by atoms with E-state index in [1.165, 1.54) is 38.5 Å². The Morgan fingerprint density at radius 1 is 1.00 bits per heavy atom. The Morgan fingerprint density at radius 3 is 1.77 bits per heavy atom. The van der Waals surface area contributed by atoms with E-state index in [9.17, 15) is 0 Å². The van der Waals surface area contributed by atoms with Crippen molar-refractivity contribution < 1.29 is 0 Å². The van der Waals surface area contributed by atoms with E-state index in [0.717, 1.165) is 6.42 Å². The molecule has 0 bridgehead atoms. The van der Waals surface area contributed by atoms with Gasteiger partial charge >= 0.3 is 23.1 Å². The van der Waals surface area contributed by atoms with Crippen LogP contribution in [0.2, 0.25) is 0 Å². The first kappa shape index (κ1) is 19.4. The van der Waals surface area contributed by atoms with Gasteiger partial charge in [0.25, 0.3) is 0 Å². The van der Waals surface area contributed by atoms with Crippen LogP contribution in [0.3, 0.4) is 0 Å². The molecule has 0 fully saturated rings. The van der Waals surface area contributed by atoms with Gasteiger partial charge in [0.05, 0.1) is 0 Å². The molecule has 0 unspecified atom stereocenters. The van der Waals surface area contributed by atoms with Crippen molar-refractivity contribution in [2.45, 2.75) is 65.7 Å². The number of hydrogen-bond donors (Lipinski definition) is 0. The molecule has 0 aromatic heterocycles. The van der Waals surface area contributed by atoms with Crippen molar-refractivity contribution >= 4 is 23.1 Å². The van der Waals surface area contributed by atoms with Crippen LogP contribution in [0.4, 0.5) is 0 Å². The first-order valence-electron chi connectivity index (χ1n) is 5.44. The molecule has 76 valence electrons. The molecule has 0 saturated heterocycles. The van der Waals surface area contributed by atoms with Gasteiger partial charge in [-0.05, 0) is 0 Å². The smallest absolute Gasteiger partial charge is 0.343 e.